The molecule has 5 aromatic rings. The topological polar surface area (TPSA) is 513 Å². The van der Waals surface area contributed by atoms with E-state index in [2.05, 4.69) is 52.5 Å². The van der Waals surface area contributed by atoms with E-state index in [0.29, 0.717) is 34.9 Å². The summed E-state index contributed by atoms with van der Waals surface area (Å²) in [5.41, 5.74) is 8.13. The number of carbonyl (C=O) groups excluding carboxylic acids is 8. The Kier molecular flexibility index (Phi) is 31.0. The summed E-state index contributed by atoms with van der Waals surface area (Å²) in [6.07, 6.45) is 1.82. The highest BCUT2D eigenvalue weighted by molar-refractivity contribution is 5.97. The van der Waals surface area contributed by atoms with Gasteiger partial charge >= 0.3 is 29.8 Å². The number of hydrogen-bond acceptors (Lipinski definition) is 20. The number of carbonyl (C=O) groups is 13. The van der Waals surface area contributed by atoms with Crippen molar-refractivity contribution in [2.24, 2.45) is 5.73 Å². The third-order valence-corrected chi connectivity index (χ3v) is 16.6. The van der Waals surface area contributed by atoms with Crippen LogP contribution < -0.4 is 43.0 Å². The van der Waals surface area contributed by atoms with Crippen LogP contribution in [0, 0.1) is 0 Å². The molecular formula is C66H88N16O19. The van der Waals surface area contributed by atoms with Crippen molar-refractivity contribution in [3.63, 3.8) is 0 Å². The number of fused-ring (bicyclic) bond motifs is 1. The number of aliphatic carboxylic acids is 5. The molecule has 1 fully saturated rings. The number of nitrogens with two attached hydrogens (primary N) is 1. The third kappa shape index (κ3) is 27.0. The van der Waals surface area contributed by atoms with Crippen LogP contribution in [0.1, 0.15) is 86.8 Å². The van der Waals surface area contributed by atoms with Crippen LogP contribution in [-0.4, -0.2) is 263 Å². The van der Waals surface area contributed by atoms with Crippen molar-refractivity contribution in [2.75, 3.05) is 85.1 Å². The number of aromatic amines is 1. The van der Waals surface area contributed by atoms with Gasteiger partial charge in [-0.3, -0.25) is 81.9 Å². The third-order valence-electron chi connectivity index (χ3n) is 16.6. The molecule has 546 valence electrons. The lowest BCUT2D eigenvalue weighted by atomic mass is 10.0. The van der Waals surface area contributed by atoms with Crippen LogP contribution in [0.25, 0.3) is 10.9 Å². The van der Waals surface area contributed by atoms with Gasteiger partial charge in [0.25, 0.3) is 0 Å². The van der Waals surface area contributed by atoms with Crippen molar-refractivity contribution in [3.8, 4) is 5.75 Å². The van der Waals surface area contributed by atoms with Crippen LogP contribution in [-0.2, 0) is 81.6 Å². The smallest absolute Gasteiger partial charge is 0.317 e. The standard InChI is InChI=1S/C66H88N16O19/c1-3-4-13-47(65(100)74-49(32-57(88)89)52-35-82(77-76-52)53(61(67)96)30-41-10-6-5-7-11-41)73-66(101)51(31-43-33-68-46-14-9-8-12-45(43)46)72-54(84)34-69-63(98)50(29-42-15-17-44(83)18-16-42)75-62(97)40(2)70-64(99)48(19-20-56(86)87)71-55(85)36-78-21-23-79(37-58(90)91)25-27-81(39-60(94)95)28-26-80(24-22-78)38-59(92)93/h5-12,14-18,33,35,40,47-51,53,68,83H,3-4,13,19-32,34,36-39H2,1-2H3,(H2,67,96)(H,69,98)(H,70,99)(H,71,85)(H,72,84)(H,73,101)(H,74,100)(H,75,97)(H,86,87)(H,88,89)(H,90,91)(H,92,93)(H,94,95)/t40-,47-,48+,49-,50-,51-,53-/m0/s1. The van der Waals surface area contributed by atoms with Gasteiger partial charge in [-0.2, -0.15) is 0 Å². The molecule has 16 N–H and O–H groups in total. The lowest BCUT2D eigenvalue weighted by Gasteiger charge is -2.33. The molecule has 1 aliphatic rings. The van der Waals surface area contributed by atoms with Gasteiger partial charge in [0.15, 0.2) is 0 Å². The van der Waals surface area contributed by atoms with E-state index in [1.807, 2.05) is 6.92 Å². The van der Waals surface area contributed by atoms with Gasteiger partial charge in [-0.05, 0) is 54.7 Å². The number of nitrogens with one attached hydrogen (secondary N) is 8. The maximum atomic E-state index is 14.6. The first-order chi connectivity index (χ1) is 48.1. The number of aromatic nitrogens is 4. The molecule has 0 radical (unpaired) electrons. The van der Waals surface area contributed by atoms with Crippen molar-refractivity contribution in [3.05, 3.63) is 114 Å². The van der Waals surface area contributed by atoms with Crippen molar-refractivity contribution in [2.45, 2.75) is 114 Å². The summed E-state index contributed by atoms with van der Waals surface area (Å²) in [5.74, 6) is -13.4. The van der Waals surface area contributed by atoms with Crippen molar-refractivity contribution in [1.29, 1.82) is 0 Å². The second-order valence-electron chi connectivity index (χ2n) is 24.5. The zero-order chi connectivity index (χ0) is 73.7. The van der Waals surface area contributed by atoms with E-state index in [9.17, 15) is 93.0 Å². The Balaban J connectivity index is 1.15. The fourth-order valence-electron chi connectivity index (χ4n) is 11.2. The highest BCUT2D eigenvalue weighted by Crippen LogP contribution is 2.22. The van der Waals surface area contributed by atoms with Gasteiger partial charge in [0.05, 0.1) is 51.4 Å². The van der Waals surface area contributed by atoms with Gasteiger partial charge in [0, 0.05) is 95.1 Å². The van der Waals surface area contributed by atoms with Crippen LogP contribution in [0.3, 0.4) is 0 Å². The number of unbranched alkanes of at least 4 members (excludes halogenated alkanes) is 1. The van der Waals surface area contributed by atoms with Crippen LogP contribution in [0.5, 0.6) is 5.75 Å². The minimum Gasteiger partial charge on any atom is -0.508 e. The molecule has 0 bridgehead atoms. The number of carboxylic acids is 5. The summed E-state index contributed by atoms with van der Waals surface area (Å²) in [6.45, 7) is 1.19. The van der Waals surface area contributed by atoms with Crippen molar-refractivity contribution < 1.29 is 93.0 Å². The molecule has 0 saturated carbocycles. The Hall–Kier alpha value is -10.9. The Morgan fingerprint density at radius 1 is 0.535 bits per heavy atom. The fourth-order valence-corrected chi connectivity index (χ4v) is 11.2. The molecule has 1 aliphatic heterocycles. The predicted molar refractivity (Wildman–Crippen MR) is 359 cm³/mol. The molecule has 35 nitrogen and oxygen atoms in total. The van der Waals surface area contributed by atoms with Gasteiger partial charge in [0.1, 0.15) is 47.7 Å². The van der Waals surface area contributed by atoms with E-state index >= 15 is 0 Å². The van der Waals surface area contributed by atoms with E-state index in [0.717, 1.165) is 5.56 Å². The normalized spacial score (nSPS) is 15.6. The monoisotopic (exact) mass is 1410 g/mol. The van der Waals surface area contributed by atoms with E-state index in [1.165, 1.54) is 51.9 Å². The average molecular weight is 1410 g/mol. The average Bonchev–Trinajstić information content (AvgIpc) is 1.70. The number of carboxylic acid groups (broad SMARTS) is 5. The van der Waals surface area contributed by atoms with E-state index in [4.69, 9.17) is 5.73 Å². The maximum Gasteiger partial charge on any atom is 0.317 e. The van der Waals surface area contributed by atoms with Crippen LogP contribution >= 0.6 is 0 Å². The predicted octanol–water partition coefficient (Wildman–Crippen LogP) is -2.06. The molecule has 6 rings (SSSR count). The molecule has 3 heterocycles. The van der Waals surface area contributed by atoms with Gasteiger partial charge in [-0.1, -0.05) is 85.6 Å². The molecule has 2 aromatic heterocycles. The first-order valence-electron chi connectivity index (χ1n) is 32.8. The van der Waals surface area contributed by atoms with E-state index in [-0.39, 0.29) is 96.0 Å². The second-order valence-corrected chi connectivity index (χ2v) is 24.5. The molecule has 3 aromatic carbocycles. The van der Waals surface area contributed by atoms with Gasteiger partial charge in [-0.15, -0.1) is 5.10 Å². The molecular weight excluding hydrogens is 1320 g/mol. The molecule has 7 atom stereocenters. The number of primary amides is 1. The first-order valence-corrected chi connectivity index (χ1v) is 32.8. The highest BCUT2D eigenvalue weighted by atomic mass is 16.4. The lowest BCUT2D eigenvalue weighted by molar-refractivity contribution is -0.140. The van der Waals surface area contributed by atoms with E-state index in [1.54, 1.807) is 70.6 Å². The number of H-pyrrole nitrogens is 1. The Morgan fingerprint density at radius 2 is 1.05 bits per heavy atom. The number of amides is 8. The number of hydrogen-bond donors (Lipinski definition) is 15. The summed E-state index contributed by atoms with van der Waals surface area (Å²) in [6, 6.07) is 11.8. The lowest BCUT2D eigenvalue weighted by Crippen LogP contribution is -2.58. The largest absolute Gasteiger partial charge is 0.508 e. The summed E-state index contributed by atoms with van der Waals surface area (Å²) in [7, 11) is 0. The summed E-state index contributed by atoms with van der Waals surface area (Å²) in [4.78, 5) is 181. The van der Waals surface area contributed by atoms with Gasteiger partial charge in [-0.25, -0.2) is 4.68 Å². The number of rotatable bonds is 38. The summed E-state index contributed by atoms with van der Waals surface area (Å²) < 4.78 is 1.18. The number of nitrogens with zero attached hydrogens (tertiary/aromatic N) is 7. The molecule has 0 aliphatic carbocycles. The van der Waals surface area contributed by atoms with Crippen LogP contribution in [0.15, 0.2) is 91.3 Å². The Labute approximate surface area is 579 Å². The second kappa shape index (κ2) is 39.6. The minimum absolute atomic E-state index is 0.0287. The maximum absolute atomic E-state index is 14.6. The quantitative estimate of drug-likeness (QED) is 0.0202. The van der Waals surface area contributed by atoms with Crippen molar-refractivity contribution in [1.82, 2.24) is 76.8 Å². The zero-order valence-corrected chi connectivity index (χ0v) is 56.0. The zero-order valence-electron chi connectivity index (χ0n) is 56.0. The minimum atomic E-state index is -1.57. The number of benzene rings is 3. The number of para-hydroxylation sites is 1. The van der Waals surface area contributed by atoms with Gasteiger partial charge in [0.2, 0.25) is 47.3 Å². The number of phenolic OH excluding ortho intramolecular Hbond substituents is 1. The molecule has 35 heteroatoms. The van der Waals surface area contributed by atoms with Crippen LogP contribution in [0.2, 0.25) is 0 Å². The molecule has 1 saturated heterocycles. The van der Waals surface area contributed by atoms with Crippen LogP contribution in [0.4, 0.5) is 0 Å². The Morgan fingerprint density at radius 3 is 1.61 bits per heavy atom. The highest BCUT2D eigenvalue weighted by Gasteiger charge is 2.34. The first kappa shape index (κ1) is 79.1. The summed E-state index contributed by atoms with van der Waals surface area (Å²) >= 11 is 0. The SMILES string of the molecule is CCCC[C@H](NC(=O)[C@H](Cc1c[nH]c2ccccc12)NC(=O)CNC(=O)[C@H](Cc1ccc(O)cc1)NC(=O)[C@H](C)NC(=O)[C@@H](CCC(=O)O)NC(=O)CN1CCN(CC(=O)O)CCN(CC(=O)O)CCN(CC(=O)O)CC1)C(=O)N[C@@H](CC(=O)O)c1cn([C@@H](Cc2ccccc2)C(N)=O)nn1. The van der Waals surface area contributed by atoms with Crippen molar-refractivity contribution >= 4 is 88.0 Å². The van der Waals surface area contributed by atoms with E-state index < -0.39 is 165 Å². The molecule has 0 unspecified atom stereocenters. The number of aromatic hydroxyl groups is 1. The molecule has 101 heavy (non-hydrogen) atoms. The molecule has 8 amide bonds. The number of phenols is 1. The Bertz CT molecular complexity index is 3650. The molecule has 0 spiro atoms. The van der Waals surface area contributed by atoms with Gasteiger partial charge < -0.3 is 78.6 Å². The fraction of sp³-hybridized carbons (Fsp3) is 0.470. The summed E-state index contributed by atoms with van der Waals surface area (Å²) in [5, 5.41) is 85.3.